The van der Waals surface area contributed by atoms with Crippen LogP contribution in [0, 0.1) is 6.92 Å². The molecule has 0 aliphatic carbocycles. The van der Waals surface area contributed by atoms with Crippen molar-refractivity contribution in [1.29, 1.82) is 0 Å². The fourth-order valence-electron chi connectivity index (χ4n) is 3.86. The minimum absolute atomic E-state index is 0.0627. The van der Waals surface area contributed by atoms with Crippen molar-refractivity contribution in [2.24, 2.45) is 0 Å². The maximum Gasteiger partial charge on any atom is 0.337 e. The maximum atomic E-state index is 12.8. The second-order valence-corrected chi connectivity index (χ2v) is 9.15. The van der Waals surface area contributed by atoms with Crippen LogP contribution in [-0.4, -0.2) is 42.1 Å². The molecule has 174 valence electrons. The average Bonchev–Trinajstić information content (AvgIpc) is 3.24. The Balaban J connectivity index is 1.44. The minimum atomic E-state index is -0.458. The quantitative estimate of drug-likeness (QED) is 0.496. The topological polar surface area (TPSA) is 75.7 Å². The molecule has 1 saturated heterocycles. The Hall–Kier alpha value is -3.58. The number of nitrogens with zero attached hydrogens (tertiary/aromatic N) is 1. The van der Waals surface area contributed by atoms with E-state index < -0.39 is 5.97 Å². The molecule has 0 radical (unpaired) electrons. The summed E-state index contributed by atoms with van der Waals surface area (Å²) in [7, 11) is 1.32. The highest BCUT2D eigenvalue weighted by atomic mass is 32.2. The van der Waals surface area contributed by atoms with Gasteiger partial charge in [0, 0.05) is 17.8 Å². The number of benzene rings is 3. The van der Waals surface area contributed by atoms with Gasteiger partial charge in [-0.1, -0.05) is 48.5 Å². The maximum absolute atomic E-state index is 12.8. The summed E-state index contributed by atoms with van der Waals surface area (Å²) in [5.41, 5.74) is 4.46. The van der Waals surface area contributed by atoms with E-state index in [0.29, 0.717) is 29.1 Å². The molecule has 6 nitrogen and oxygen atoms in total. The molecular weight excluding hydrogens is 448 g/mol. The zero-order chi connectivity index (χ0) is 24.1. The number of rotatable bonds is 7. The molecule has 1 heterocycles. The number of esters is 1. The first-order valence-electron chi connectivity index (χ1n) is 11.0. The number of nitrogens with one attached hydrogen (secondary N) is 1. The summed E-state index contributed by atoms with van der Waals surface area (Å²) in [6.45, 7) is 2.51. The fourth-order valence-corrected chi connectivity index (χ4v) is 5.08. The van der Waals surface area contributed by atoms with Crippen LogP contribution < -0.4 is 5.32 Å². The van der Waals surface area contributed by atoms with E-state index >= 15 is 0 Å². The van der Waals surface area contributed by atoms with Gasteiger partial charge in [-0.2, -0.15) is 0 Å². The molecule has 1 N–H and O–H groups in total. The van der Waals surface area contributed by atoms with Crippen molar-refractivity contribution in [3.05, 3.63) is 101 Å². The van der Waals surface area contributed by atoms with Crippen molar-refractivity contribution >= 4 is 35.2 Å². The molecule has 3 aromatic carbocycles. The SMILES string of the molecule is COC(=O)c1ccc(C)c(NC(=O)c2ccc([C@H]3SCC(=O)N3CCc3ccccc3)cc2)c1. The highest BCUT2D eigenvalue weighted by molar-refractivity contribution is 8.00. The van der Waals surface area contributed by atoms with Crippen LogP contribution in [0.25, 0.3) is 0 Å². The number of methoxy groups -OCH3 is 1. The van der Waals surface area contributed by atoms with Crippen molar-refractivity contribution < 1.29 is 19.1 Å². The van der Waals surface area contributed by atoms with E-state index in [-0.39, 0.29) is 17.2 Å². The molecule has 3 aromatic rings. The van der Waals surface area contributed by atoms with Crippen molar-refractivity contribution in [2.45, 2.75) is 18.7 Å². The summed E-state index contributed by atoms with van der Waals surface area (Å²) in [5.74, 6) is -0.140. The zero-order valence-corrected chi connectivity index (χ0v) is 19.9. The number of carbonyl (C=O) groups is 3. The van der Waals surface area contributed by atoms with Crippen LogP contribution in [0.3, 0.4) is 0 Å². The molecule has 34 heavy (non-hydrogen) atoms. The van der Waals surface area contributed by atoms with Gasteiger partial charge < -0.3 is 15.0 Å². The standard InChI is InChI=1S/C27H26N2O4S/c1-18-8-9-22(27(32)33-2)16-23(18)28-25(31)20-10-12-21(13-11-20)26-29(24(30)17-34-26)15-14-19-6-4-3-5-7-19/h3-13,16,26H,14-15,17H2,1-2H3,(H,28,31)/t26-/m1/s1. The van der Waals surface area contributed by atoms with E-state index in [2.05, 4.69) is 17.4 Å². The van der Waals surface area contributed by atoms with Gasteiger partial charge in [0.1, 0.15) is 5.37 Å². The molecule has 1 atom stereocenters. The number of carbonyl (C=O) groups excluding carboxylic acids is 3. The van der Waals surface area contributed by atoms with Crippen molar-refractivity contribution in [3.8, 4) is 0 Å². The van der Waals surface area contributed by atoms with E-state index in [1.165, 1.54) is 12.7 Å². The Labute approximate surface area is 203 Å². The predicted octanol–water partition coefficient (Wildman–Crippen LogP) is 4.85. The van der Waals surface area contributed by atoms with Gasteiger partial charge in [0.25, 0.3) is 5.91 Å². The van der Waals surface area contributed by atoms with E-state index in [9.17, 15) is 14.4 Å². The number of aryl methyl sites for hydroxylation is 1. The highest BCUT2D eigenvalue weighted by Gasteiger charge is 2.32. The lowest BCUT2D eigenvalue weighted by atomic mass is 10.1. The lowest BCUT2D eigenvalue weighted by molar-refractivity contribution is -0.128. The summed E-state index contributed by atoms with van der Waals surface area (Å²) < 4.78 is 4.76. The molecule has 1 fully saturated rings. The second kappa shape index (κ2) is 10.6. The van der Waals surface area contributed by atoms with Gasteiger partial charge in [-0.15, -0.1) is 11.8 Å². The number of hydrogen-bond acceptors (Lipinski definition) is 5. The summed E-state index contributed by atoms with van der Waals surface area (Å²) in [6, 6.07) is 22.5. The average molecular weight is 475 g/mol. The number of thioether (sulfide) groups is 1. The molecule has 0 spiro atoms. The number of amides is 2. The first-order valence-corrected chi connectivity index (χ1v) is 12.1. The molecule has 0 unspecified atom stereocenters. The normalized spacial score (nSPS) is 15.3. The lowest BCUT2D eigenvalue weighted by Crippen LogP contribution is -2.30. The first kappa shape index (κ1) is 23.6. The van der Waals surface area contributed by atoms with Gasteiger partial charge >= 0.3 is 5.97 Å². The van der Waals surface area contributed by atoms with E-state index in [1.54, 1.807) is 42.1 Å². The molecule has 0 saturated carbocycles. The third-order valence-corrected chi connectivity index (χ3v) is 7.07. The monoisotopic (exact) mass is 474 g/mol. The number of anilines is 1. The third-order valence-electron chi connectivity index (χ3n) is 5.82. The summed E-state index contributed by atoms with van der Waals surface area (Å²) in [6.07, 6.45) is 0.800. The van der Waals surface area contributed by atoms with Gasteiger partial charge in [0.2, 0.25) is 5.91 Å². The zero-order valence-electron chi connectivity index (χ0n) is 19.1. The van der Waals surface area contributed by atoms with Gasteiger partial charge in [-0.05, 0) is 54.3 Å². The number of hydrogen-bond donors (Lipinski definition) is 1. The Morgan fingerprint density at radius 2 is 1.74 bits per heavy atom. The molecule has 0 aromatic heterocycles. The summed E-state index contributed by atoms with van der Waals surface area (Å²) >= 11 is 1.60. The van der Waals surface area contributed by atoms with Gasteiger partial charge in [0.15, 0.2) is 0 Å². The van der Waals surface area contributed by atoms with Crippen LogP contribution in [0.5, 0.6) is 0 Å². The van der Waals surface area contributed by atoms with Gasteiger partial charge in [0.05, 0.1) is 18.4 Å². The van der Waals surface area contributed by atoms with E-state index in [1.807, 2.05) is 42.2 Å². The predicted molar refractivity (Wildman–Crippen MR) is 134 cm³/mol. The summed E-state index contributed by atoms with van der Waals surface area (Å²) in [4.78, 5) is 39.0. The van der Waals surface area contributed by atoms with Crippen molar-refractivity contribution in [3.63, 3.8) is 0 Å². The smallest absolute Gasteiger partial charge is 0.337 e. The Bertz CT molecular complexity index is 1200. The molecule has 0 bridgehead atoms. The molecular formula is C27H26N2O4S. The summed E-state index contributed by atoms with van der Waals surface area (Å²) in [5, 5.41) is 2.81. The Morgan fingerprint density at radius 1 is 1.03 bits per heavy atom. The van der Waals surface area contributed by atoms with Crippen molar-refractivity contribution in [1.82, 2.24) is 4.90 Å². The molecule has 1 aliphatic heterocycles. The van der Waals surface area contributed by atoms with Gasteiger partial charge in [-0.3, -0.25) is 9.59 Å². The van der Waals surface area contributed by atoms with E-state index in [0.717, 1.165) is 17.5 Å². The van der Waals surface area contributed by atoms with Crippen LogP contribution in [0.15, 0.2) is 72.8 Å². The second-order valence-electron chi connectivity index (χ2n) is 8.08. The van der Waals surface area contributed by atoms with E-state index in [4.69, 9.17) is 4.74 Å². The van der Waals surface area contributed by atoms with Crippen LogP contribution in [0.4, 0.5) is 5.69 Å². The minimum Gasteiger partial charge on any atom is -0.465 e. The Morgan fingerprint density at radius 3 is 2.44 bits per heavy atom. The van der Waals surface area contributed by atoms with Crippen LogP contribution in [-0.2, 0) is 16.0 Å². The lowest BCUT2D eigenvalue weighted by Gasteiger charge is -2.24. The third kappa shape index (κ3) is 5.31. The fraction of sp³-hybridized carbons (Fsp3) is 0.222. The van der Waals surface area contributed by atoms with Gasteiger partial charge in [-0.25, -0.2) is 4.79 Å². The highest BCUT2D eigenvalue weighted by Crippen LogP contribution is 2.38. The van der Waals surface area contributed by atoms with Crippen LogP contribution in [0.2, 0.25) is 0 Å². The van der Waals surface area contributed by atoms with Crippen molar-refractivity contribution in [2.75, 3.05) is 24.7 Å². The molecule has 1 aliphatic rings. The molecule has 2 amide bonds. The Kier molecular flexibility index (Phi) is 7.33. The molecule has 7 heteroatoms. The first-order chi connectivity index (χ1) is 16.5. The molecule has 4 rings (SSSR count). The largest absolute Gasteiger partial charge is 0.465 e. The van der Waals surface area contributed by atoms with Crippen LogP contribution >= 0.6 is 11.8 Å². The number of ether oxygens (including phenoxy) is 1. The van der Waals surface area contributed by atoms with Crippen LogP contribution in [0.1, 0.15) is 42.8 Å².